The molecule has 1 aromatic rings. The van der Waals surface area contributed by atoms with Gasteiger partial charge in [-0.3, -0.25) is 0 Å². The number of nitrogens with zero attached hydrogens (tertiary/aromatic N) is 2. The van der Waals surface area contributed by atoms with Gasteiger partial charge in [0.05, 0.1) is 10.4 Å². The molecule has 0 aliphatic carbocycles. The molecule has 0 spiro atoms. The van der Waals surface area contributed by atoms with Crippen LogP contribution in [0.25, 0.3) is 0 Å². The van der Waals surface area contributed by atoms with Crippen LogP contribution in [0.1, 0.15) is 71.6 Å². The summed E-state index contributed by atoms with van der Waals surface area (Å²) in [4.78, 5) is 4.23. The largest absolute Gasteiger partial charge is 0.335 e. The van der Waals surface area contributed by atoms with Crippen molar-refractivity contribution in [1.82, 2.24) is 9.55 Å². The van der Waals surface area contributed by atoms with Crippen molar-refractivity contribution >= 4 is 23.5 Å². The van der Waals surface area contributed by atoms with Crippen molar-refractivity contribution in [2.24, 2.45) is 0 Å². The van der Waals surface area contributed by atoms with Crippen LogP contribution < -0.4 is 0 Å². The van der Waals surface area contributed by atoms with Gasteiger partial charge in [-0.25, -0.2) is 4.98 Å². The Morgan fingerprint density at radius 2 is 2.00 bits per heavy atom. The van der Waals surface area contributed by atoms with Crippen molar-refractivity contribution in [1.29, 1.82) is 0 Å². The minimum absolute atomic E-state index is 0.379. The van der Waals surface area contributed by atoms with Crippen molar-refractivity contribution in [3.05, 3.63) is 18.7 Å². The first-order valence-electron chi connectivity index (χ1n) is 9.05. The minimum atomic E-state index is 0.379. The van der Waals surface area contributed by atoms with Gasteiger partial charge in [-0.15, -0.1) is 23.5 Å². The van der Waals surface area contributed by atoms with E-state index in [2.05, 4.69) is 53.1 Å². The lowest BCUT2D eigenvalue weighted by molar-refractivity contribution is 0.526. The topological polar surface area (TPSA) is 17.8 Å². The van der Waals surface area contributed by atoms with Gasteiger partial charge < -0.3 is 4.57 Å². The molecule has 4 heteroatoms. The molecule has 2 atom stereocenters. The second kappa shape index (κ2) is 9.92. The number of unbranched alkanes of at least 4 members (excludes halogenated alkanes) is 5. The number of hydrogen-bond donors (Lipinski definition) is 0. The summed E-state index contributed by atoms with van der Waals surface area (Å²) in [7, 11) is 0. The number of imidazole rings is 1. The molecule has 0 saturated carbocycles. The second-order valence-electron chi connectivity index (χ2n) is 6.45. The van der Waals surface area contributed by atoms with Crippen LogP contribution in [0.15, 0.2) is 18.7 Å². The third-order valence-corrected chi connectivity index (χ3v) is 8.14. The lowest BCUT2D eigenvalue weighted by atomic mass is 10.1. The summed E-state index contributed by atoms with van der Waals surface area (Å²) in [5.41, 5.74) is 0. The maximum Gasteiger partial charge on any atom is 0.0946 e. The van der Waals surface area contributed by atoms with Gasteiger partial charge in [-0.05, 0) is 25.0 Å². The highest BCUT2D eigenvalue weighted by atomic mass is 32.2. The molecule has 2 nitrogen and oxygen atoms in total. The smallest absolute Gasteiger partial charge is 0.0946 e. The summed E-state index contributed by atoms with van der Waals surface area (Å²) in [6.45, 7) is 5.76. The minimum Gasteiger partial charge on any atom is -0.335 e. The second-order valence-corrected chi connectivity index (χ2v) is 9.87. The molecule has 0 bridgehead atoms. The van der Waals surface area contributed by atoms with Crippen LogP contribution in [-0.2, 0) is 6.54 Å². The van der Waals surface area contributed by atoms with Gasteiger partial charge in [-0.2, -0.15) is 0 Å². The van der Waals surface area contributed by atoms with E-state index < -0.39 is 0 Å². The summed E-state index contributed by atoms with van der Waals surface area (Å²) >= 11 is 4.47. The maximum absolute atomic E-state index is 4.23. The van der Waals surface area contributed by atoms with E-state index >= 15 is 0 Å². The van der Waals surface area contributed by atoms with E-state index in [-0.39, 0.29) is 0 Å². The van der Waals surface area contributed by atoms with E-state index in [1.807, 2.05) is 12.5 Å². The number of aromatic nitrogens is 2. The highest BCUT2D eigenvalue weighted by Crippen LogP contribution is 2.50. The Labute approximate surface area is 145 Å². The molecule has 1 aromatic heterocycles. The average Bonchev–Trinajstić information content (AvgIpc) is 3.03. The fourth-order valence-electron chi connectivity index (χ4n) is 3.19. The SMILES string of the molecule is CCCCCCCCC1(Cn2ccnc2)SCCC(CC)S1. The summed E-state index contributed by atoms with van der Waals surface area (Å²) in [5.74, 6) is 1.33. The van der Waals surface area contributed by atoms with Crippen molar-refractivity contribution < 1.29 is 0 Å². The van der Waals surface area contributed by atoms with Crippen molar-refractivity contribution in [2.45, 2.75) is 87.5 Å². The van der Waals surface area contributed by atoms with Crippen LogP contribution in [0.5, 0.6) is 0 Å². The lowest BCUT2D eigenvalue weighted by Crippen LogP contribution is -2.33. The van der Waals surface area contributed by atoms with Gasteiger partial charge in [0.1, 0.15) is 0 Å². The van der Waals surface area contributed by atoms with Gasteiger partial charge in [0.25, 0.3) is 0 Å². The van der Waals surface area contributed by atoms with E-state index in [1.165, 1.54) is 63.5 Å². The van der Waals surface area contributed by atoms with E-state index in [0.29, 0.717) is 4.08 Å². The molecule has 1 aliphatic rings. The molecule has 2 heterocycles. The molecule has 1 saturated heterocycles. The van der Waals surface area contributed by atoms with Crippen LogP contribution >= 0.6 is 23.5 Å². The molecular weight excluding hydrogens is 308 g/mol. The molecule has 0 aromatic carbocycles. The Morgan fingerprint density at radius 3 is 2.73 bits per heavy atom. The van der Waals surface area contributed by atoms with Crippen molar-refractivity contribution in [3.8, 4) is 0 Å². The summed E-state index contributed by atoms with van der Waals surface area (Å²) in [6, 6.07) is 0. The van der Waals surface area contributed by atoms with Crippen LogP contribution in [0.2, 0.25) is 0 Å². The number of thioether (sulfide) groups is 2. The predicted octanol–water partition coefficient (Wildman–Crippen LogP) is 5.98. The van der Waals surface area contributed by atoms with Crippen LogP contribution in [0.4, 0.5) is 0 Å². The molecule has 22 heavy (non-hydrogen) atoms. The van der Waals surface area contributed by atoms with E-state index in [4.69, 9.17) is 0 Å². The Balaban J connectivity index is 1.87. The maximum atomic E-state index is 4.23. The normalized spacial score (nSPS) is 25.5. The van der Waals surface area contributed by atoms with Gasteiger partial charge >= 0.3 is 0 Å². The zero-order valence-corrected chi connectivity index (χ0v) is 15.9. The third kappa shape index (κ3) is 5.84. The Morgan fingerprint density at radius 1 is 1.18 bits per heavy atom. The van der Waals surface area contributed by atoms with Gasteiger partial charge in [0.2, 0.25) is 0 Å². The Hall–Kier alpha value is -0.0900. The molecule has 126 valence electrons. The first-order chi connectivity index (χ1) is 10.8. The standard InChI is InChI=1S/C18H32N2S2/c1-3-5-6-7-8-9-11-18(15-20-13-12-19-16-20)21-14-10-17(4-2)22-18/h12-13,16-17H,3-11,14-15H2,1-2H3. The van der Waals surface area contributed by atoms with Crippen molar-refractivity contribution in [3.63, 3.8) is 0 Å². The zero-order chi connectivity index (χ0) is 15.7. The third-order valence-electron chi connectivity index (χ3n) is 4.54. The monoisotopic (exact) mass is 340 g/mol. The quantitative estimate of drug-likeness (QED) is 0.488. The van der Waals surface area contributed by atoms with E-state index in [9.17, 15) is 0 Å². The predicted molar refractivity (Wildman–Crippen MR) is 102 cm³/mol. The fraction of sp³-hybridized carbons (Fsp3) is 0.833. The summed E-state index contributed by atoms with van der Waals surface area (Å²) < 4.78 is 2.67. The van der Waals surface area contributed by atoms with E-state index in [0.717, 1.165) is 11.8 Å². The van der Waals surface area contributed by atoms with Crippen LogP contribution in [-0.4, -0.2) is 24.6 Å². The summed E-state index contributed by atoms with van der Waals surface area (Å²) in [6.07, 6.45) is 18.4. The van der Waals surface area contributed by atoms with Gasteiger partial charge in [0, 0.05) is 24.2 Å². The van der Waals surface area contributed by atoms with Crippen molar-refractivity contribution in [2.75, 3.05) is 5.75 Å². The first-order valence-corrected chi connectivity index (χ1v) is 10.9. The molecule has 1 aliphatic heterocycles. The zero-order valence-electron chi connectivity index (χ0n) is 14.3. The Bertz CT molecular complexity index is 394. The number of hydrogen-bond acceptors (Lipinski definition) is 3. The molecular formula is C18H32N2S2. The van der Waals surface area contributed by atoms with Crippen LogP contribution in [0, 0.1) is 0 Å². The molecule has 0 amide bonds. The molecule has 1 fully saturated rings. The highest BCUT2D eigenvalue weighted by molar-refractivity contribution is 8.19. The molecule has 0 N–H and O–H groups in total. The number of rotatable bonds is 10. The van der Waals surface area contributed by atoms with Gasteiger partial charge in [0.15, 0.2) is 0 Å². The average molecular weight is 341 g/mol. The van der Waals surface area contributed by atoms with Gasteiger partial charge in [-0.1, -0.05) is 52.4 Å². The van der Waals surface area contributed by atoms with Crippen LogP contribution in [0.3, 0.4) is 0 Å². The van der Waals surface area contributed by atoms with E-state index in [1.54, 1.807) is 0 Å². The lowest BCUT2D eigenvalue weighted by Gasteiger charge is -2.40. The fourth-order valence-corrected chi connectivity index (χ4v) is 7.07. The molecule has 2 rings (SSSR count). The summed E-state index contributed by atoms with van der Waals surface area (Å²) in [5, 5.41) is 0.852. The molecule has 0 radical (unpaired) electrons. The highest BCUT2D eigenvalue weighted by Gasteiger charge is 2.37. The molecule has 2 unspecified atom stereocenters. The Kier molecular flexibility index (Phi) is 8.23. The first kappa shape index (κ1) is 18.3.